The molecule has 2 rings (SSSR count). The van der Waals surface area contributed by atoms with Gasteiger partial charge in [0, 0.05) is 15.7 Å². The maximum absolute atomic E-state index is 12.3. The summed E-state index contributed by atoms with van der Waals surface area (Å²) in [6.45, 7) is 3.45. The van der Waals surface area contributed by atoms with E-state index in [1.54, 1.807) is 11.3 Å². The first-order valence-corrected chi connectivity index (χ1v) is 8.11. The van der Waals surface area contributed by atoms with Crippen LogP contribution in [0.1, 0.15) is 42.4 Å². The van der Waals surface area contributed by atoms with Crippen molar-refractivity contribution in [2.75, 3.05) is 6.54 Å². The van der Waals surface area contributed by atoms with Crippen molar-refractivity contribution in [3.63, 3.8) is 0 Å². The lowest BCUT2D eigenvalue weighted by molar-refractivity contribution is -0.127. The van der Waals surface area contributed by atoms with E-state index >= 15 is 0 Å². The molecule has 3 N–H and O–H groups in total. The highest BCUT2D eigenvalue weighted by Crippen LogP contribution is 2.29. The Labute approximate surface area is 119 Å². The van der Waals surface area contributed by atoms with Crippen molar-refractivity contribution < 1.29 is 4.79 Å². The van der Waals surface area contributed by atoms with Crippen LogP contribution >= 0.6 is 11.3 Å². The van der Waals surface area contributed by atoms with Gasteiger partial charge in [-0.3, -0.25) is 4.79 Å². The zero-order valence-corrected chi connectivity index (χ0v) is 12.5. The predicted octanol–water partition coefficient (Wildman–Crippen LogP) is 2.69. The first-order valence-electron chi connectivity index (χ1n) is 7.30. The molecule has 3 nitrogen and oxygen atoms in total. The average Bonchev–Trinajstić information content (AvgIpc) is 2.92. The highest BCUT2D eigenvalue weighted by molar-refractivity contribution is 7.11. The Hall–Kier alpha value is -0.870. The summed E-state index contributed by atoms with van der Waals surface area (Å²) in [5, 5.41) is 3.09. The molecule has 4 heteroatoms. The molecule has 1 aromatic rings. The molecule has 1 aromatic heterocycles. The number of carbonyl (C=O) groups excluding carboxylic acids is 1. The van der Waals surface area contributed by atoms with E-state index < -0.39 is 0 Å². The van der Waals surface area contributed by atoms with Gasteiger partial charge >= 0.3 is 0 Å². The molecule has 1 amide bonds. The lowest BCUT2D eigenvalue weighted by Gasteiger charge is -2.29. The summed E-state index contributed by atoms with van der Waals surface area (Å²) < 4.78 is 0. The van der Waals surface area contributed by atoms with Crippen LogP contribution < -0.4 is 11.1 Å². The first kappa shape index (κ1) is 14.5. The fraction of sp³-hybridized carbons (Fsp3) is 0.667. The standard InChI is InChI=1S/C15H24N2OS/c1-2-12-7-8-13(19-12)10-17-15(18)14-6-4-3-5-11(14)9-16/h7-8,11,14H,2-6,9-10,16H2,1H3,(H,17,18). The topological polar surface area (TPSA) is 55.1 Å². The normalized spacial score (nSPS) is 23.3. The van der Waals surface area contributed by atoms with E-state index in [1.807, 2.05) is 0 Å². The van der Waals surface area contributed by atoms with Crippen LogP contribution in [0.25, 0.3) is 0 Å². The minimum Gasteiger partial charge on any atom is -0.351 e. The number of carbonyl (C=O) groups is 1. The molecule has 2 atom stereocenters. The summed E-state index contributed by atoms with van der Waals surface area (Å²) in [7, 11) is 0. The number of aryl methyl sites for hydroxylation is 1. The third kappa shape index (κ3) is 3.80. The van der Waals surface area contributed by atoms with Crippen molar-refractivity contribution >= 4 is 17.2 Å². The minimum atomic E-state index is 0.129. The second-order valence-corrected chi connectivity index (χ2v) is 6.58. The number of thiophene rings is 1. The van der Waals surface area contributed by atoms with Crippen LogP contribution in [0.3, 0.4) is 0 Å². The molecule has 1 heterocycles. The zero-order valence-electron chi connectivity index (χ0n) is 11.7. The van der Waals surface area contributed by atoms with Crippen LogP contribution in [0.15, 0.2) is 12.1 Å². The number of amides is 1. The Kier molecular flexibility index (Phi) is 5.40. The van der Waals surface area contributed by atoms with Crippen LogP contribution in [0.5, 0.6) is 0 Å². The number of nitrogens with two attached hydrogens (primary N) is 1. The SMILES string of the molecule is CCc1ccc(CNC(=O)C2CCCCC2CN)s1. The van der Waals surface area contributed by atoms with Gasteiger partial charge in [-0.1, -0.05) is 19.8 Å². The quantitative estimate of drug-likeness (QED) is 0.871. The molecule has 1 aliphatic carbocycles. The summed E-state index contributed by atoms with van der Waals surface area (Å²) in [6, 6.07) is 4.26. The van der Waals surface area contributed by atoms with Crippen LogP contribution in [0.2, 0.25) is 0 Å². The van der Waals surface area contributed by atoms with Crippen molar-refractivity contribution in [1.82, 2.24) is 5.32 Å². The number of nitrogens with one attached hydrogen (secondary N) is 1. The summed E-state index contributed by atoms with van der Waals surface area (Å²) in [5.41, 5.74) is 5.78. The number of hydrogen-bond donors (Lipinski definition) is 2. The second kappa shape index (κ2) is 7.06. The highest BCUT2D eigenvalue weighted by Gasteiger charge is 2.29. The van der Waals surface area contributed by atoms with Crippen LogP contribution in [0, 0.1) is 11.8 Å². The Morgan fingerprint density at radius 1 is 1.37 bits per heavy atom. The third-order valence-electron chi connectivity index (χ3n) is 4.05. The maximum Gasteiger partial charge on any atom is 0.223 e. The van der Waals surface area contributed by atoms with Gasteiger partial charge in [-0.15, -0.1) is 11.3 Å². The molecule has 106 valence electrons. The van der Waals surface area contributed by atoms with Crippen molar-refractivity contribution in [3.05, 3.63) is 21.9 Å². The van der Waals surface area contributed by atoms with E-state index in [1.165, 1.54) is 16.2 Å². The van der Waals surface area contributed by atoms with Crippen LogP contribution in [0.4, 0.5) is 0 Å². The minimum absolute atomic E-state index is 0.129. The fourth-order valence-electron chi connectivity index (χ4n) is 2.85. The highest BCUT2D eigenvalue weighted by atomic mass is 32.1. The van der Waals surface area contributed by atoms with Crippen LogP contribution in [-0.2, 0) is 17.8 Å². The average molecular weight is 280 g/mol. The first-order chi connectivity index (χ1) is 9.24. The van der Waals surface area contributed by atoms with Gasteiger partial charge in [-0.05, 0) is 43.9 Å². The summed E-state index contributed by atoms with van der Waals surface area (Å²) >= 11 is 1.79. The molecule has 19 heavy (non-hydrogen) atoms. The van der Waals surface area contributed by atoms with Gasteiger partial charge in [0.15, 0.2) is 0 Å². The van der Waals surface area contributed by atoms with Gasteiger partial charge in [-0.2, -0.15) is 0 Å². The maximum atomic E-state index is 12.3. The monoisotopic (exact) mass is 280 g/mol. The van der Waals surface area contributed by atoms with E-state index in [2.05, 4.69) is 24.4 Å². The summed E-state index contributed by atoms with van der Waals surface area (Å²) in [5.74, 6) is 0.703. The molecule has 0 bridgehead atoms. The molecular formula is C15H24N2OS. The Morgan fingerprint density at radius 3 is 2.79 bits per heavy atom. The fourth-order valence-corrected chi connectivity index (χ4v) is 3.75. The van der Waals surface area contributed by atoms with Gasteiger partial charge < -0.3 is 11.1 Å². The summed E-state index contributed by atoms with van der Waals surface area (Å²) in [6.07, 6.45) is 5.55. The molecule has 1 aliphatic rings. The van der Waals surface area contributed by atoms with Crippen molar-refractivity contribution in [3.8, 4) is 0 Å². The van der Waals surface area contributed by atoms with Crippen molar-refractivity contribution in [2.24, 2.45) is 17.6 Å². The van der Waals surface area contributed by atoms with E-state index in [-0.39, 0.29) is 11.8 Å². The Bertz CT molecular complexity index is 416. The van der Waals surface area contributed by atoms with Crippen molar-refractivity contribution in [1.29, 1.82) is 0 Å². The van der Waals surface area contributed by atoms with Gasteiger partial charge in [0.1, 0.15) is 0 Å². The van der Waals surface area contributed by atoms with Gasteiger partial charge in [0.05, 0.1) is 6.54 Å². The Morgan fingerprint density at radius 2 is 2.11 bits per heavy atom. The van der Waals surface area contributed by atoms with E-state index in [9.17, 15) is 4.79 Å². The second-order valence-electron chi connectivity index (χ2n) is 5.33. The van der Waals surface area contributed by atoms with E-state index in [0.717, 1.165) is 25.7 Å². The summed E-state index contributed by atoms with van der Waals surface area (Å²) in [4.78, 5) is 14.9. The van der Waals surface area contributed by atoms with Crippen molar-refractivity contribution in [2.45, 2.75) is 45.6 Å². The third-order valence-corrected chi connectivity index (χ3v) is 5.28. The lowest BCUT2D eigenvalue weighted by Crippen LogP contribution is -2.39. The predicted molar refractivity (Wildman–Crippen MR) is 80.0 cm³/mol. The Balaban J connectivity index is 1.86. The van der Waals surface area contributed by atoms with Crippen LogP contribution in [-0.4, -0.2) is 12.5 Å². The van der Waals surface area contributed by atoms with Gasteiger partial charge in [0.2, 0.25) is 5.91 Å². The molecule has 1 saturated carbocycles. The molecule has 0 aromatic carbocycles. The molecule has 0 spiro atoms. The van der Waals surface area contributed by atoms with Gasteiger partial charge in [0.25, 0.3) is 0 Å². The number of hydrogen-bond acceptors (Lipinski definition) is 3. The molecular weight excluding hydrogens is 256 g/mol. The molecule has 0 saturated heterocycles. The molecule has 1 fully saturated rings. The number of rotatable bonds is 5. The smallest absolute Gasteiger partial charge is 0.223 e. The lowest BCUT2D eigenvalue weighted by atomic mass is 9.79. The molecule has 0 aliphatic heterocycles. The van der Waals surface area contributed by atoms with Gasteiger partial charge in [-0.25, -0.2) is 0 Å². The largest absolute Gasteiger partial charge is 0.351 e. The zero-order chi connectivity index (χ0) is 13.7. The van der Waals surface area contributed by atoms with E-state index in [0.29, 0.717) is 19.0 Å². The van der Waals surface area contributed by atoms with E-state index in [4.69, 9.17) is 5.73 Å². The molecule has 0 radical (unpaired) electrons. The molecule has 2 unspecified atom stereocenters.